The van der Waals surface area contributed by atoms with Crippen molar-refractivity contribution >= 4 is 5.96 Å². The lowest BCUT2D eigenvalue weighted by molar-refractivity contribution is -0.0504. The highest BCUT2D eigenvalue weighted by Crippen LogP contribution is 2.21. The summed E-state index contributed by atoms with van der Waals surface area (Å²) in [4.78, 5) is 4.07. The van der Waals surface area contributed by atoms with E-state index in [1.165, 1.54) is 18.2 Å². The van der Waals surface area contributed by atoms with Crippen LogP contribution in [0.25, 0.3) is 0 Å². The average Bonchev–Trinajstić information content (AvgIpc) is 2.57. The smallest absolute Gasteiger partial charge is 0.387 e. The molecule has 0 saturated heterocycles. The van der Waals surface area contributed by atoms with Gasteiger partial charge in [-0.1, -0.05) is 29.8 Å². The van der Waals surface area contributed by atoms with Gasteiger partial charge in [0.15, 0.2) is 5.96 Å². The summed E-state index contributed by atoms with van der Waals surface area (Å²) >= 11 is 0. The van der Waals surface area contributed by atoms with E-state index in [1.807, 2.05) is 6.92 Å². The van der Waals surface area contributed by atoms with Crippen LogP contribution in [0.1, 0.15) is 16.7 Å². The molecule has 0 saturated carbocycles. The summed E-state index contributed by atoms with van der Waals surface area (Å²) in [7, 11) is 1.59. The fourth-order valence-electron chi connectivity index (χ4n) is 2.29. The van der Waals surface area contributed by atoms with Gasteiger partial charge < -0.3 is 15.4 Å². The van der Waals surface area contributed by atoms with Gasteiger partial charge in [0.25, 0.3) is 0 Å². The van der Waals surface area contributed by atoms with Crippen LogP contribution in [0.3, 0.4) is 0 Å². The largest absolute Gasteiger partial charge is 0.434 e. The second-order valence-corrected chi connectivity index (χ2v) is 5.40. The Morgan fingerprint density at radius 1 is 1.12 bits per heavy atom. The fourth-order valence-corrected chi connectivity index (χ4v) is 2.29. The first-order valence-corrected chi connectivity index (χ1v) is 7.71. The molecule has 7 heteroatoms. The van der Waals surface area contributed by atoms with Crippen molar-refractivity contribution in [3.8, 4) is 5.75 Å². The molecule has 0 aliphatic rings. The van der Waals surface area contributed by atoms with E-state index in [0.29, 0.717) is 18.1 Å². The van der Waals surface area contributed by atoms with E-state index < -0.39 is 6.61 Å². The van der Waals surface area contributed by atoms with Crippen molar-refractivity contribution in [1.82, 2.24) is 10.6 Å². The summed E-state index contributed by atoms with van der Waals surface area (Å²) in [6.45, 7) is -0.378. The Labute approximate surface area is 144 Å². The van der Waals surface area contributed by atoms with E-state index in [2.05, 4.69) is 20.4 Å². The van der Waals surface area contributed by atoms with Crippen LogP contribution in [0.4, 0.5) is 13.2 Å². The Bertz CT molecular complexity index is 735. The van der Waals surface area contributed by atoms with Crippen LogP contribution in [0.5, 0.6) is 5.75 Å². The molecule has 0 unspecified atom stereocenters. The molecule has 0 amide bonds. The summed E-state index contributed by atoms with van der Waals surface area (Å²) in [6, 6.07) is 11.2. The zero-order chi connectivity index (χ0) is 18.2. The third kappa shape index (κ3) is 6.02. The number of nitrogens with zero attached hydrogens (tertiary/aromatic N) is 1. The van der Waals surface area contributed by atoms with Gasteiger partial charge in [0.2, 0.25) is 0 Å². The predicted octanol–water partition coefficient (Wildman–Crippen LogP) is 3.60. The number of benzene rings is 2. The maximum atomic E-state index is 13.2. The van der Waals surface area contributed by atoms with Gasteiger partial charge in [0.1, 0.15) is 11.6 Å². The molecule has 0 fully saturated rings. The molecule has 4 nitrogen and oxygen atoms in total. The third-order valence-electron chi connectivity index (χ3n) is 3.45. The maximum Gasteiger partial charge on any atom is 0.387 e. The van der Waals surface area contributed by atoms with E-state index in [4.69, 9.17) is 0 Å². The molecule has 2 N–H and O–H groups in total. The van der Waals surface area contributed by atoms with Gasteiger partial charge in [-0.05, 0) is 30.7 Å². The number of halogens is 3. The number of aryl methyl sites for hydroxylation is 1. The quantitative estimate of drug-likeness (QED) is 0.617. The van der Waals surface area contributed by atoms with Crippen molar-refractivity contribution in [1.29, 1.82) is 0 Å². The van der Waals surface area contributed by atoms with Crippen LogP contribution in [0.15, 0.2) is 47.5 Å². The Morgan fingerprint density at radius 3 is 2.56 bits per heavy atom. The number of guanidine groups is 1. The molecule has 0 bridgehead atoms. The third-order valence-corrected chi connectivity index (χ3v) is 3.45. The van der Waals surface area contributed by atoms with Gasteiger partial charge >= 0.3 is 6.61 Å². The number of ether oxygens (including phenoxy) is 1. The summed E-state index contributed by atoms with van der Waals surface area (Å²) in [5.41, 5.74) is 2.29. The summed E-state index contributed by atoms with van der Waals surface area (Å²) < 4.78 is 42.7. The van der Waals surface area contributed by atoms with E-state index in [-0.39, 0.29) is 18.1 Å². The van der Waals surface area contributed by atoms with Gasteiger partial charge in [-0.3, -0.25) is 4.99 Å². The number of alkyl halides is 2. The van der Waals surface area contributed by atoms with E-state index in [9.17, 15) is 13.2 Å². The normalized spacial score (nSPS) is 11.5. The molecule has 0 aromatic heterocycles. The highest BCUT2D eigenvalue weighted by Gasteiger charge is 2.10. The van der Waals surface area contributed by atoms with E-state index in [0.717, 1.165) is 11.1 Å². The van der Waals surface area contributed by atoms with Crippen LogP contribution in [-0.4, -0.2) is 19.6 Å². The minimum atomic E-state index is -2.88. The summed E-state index contributed by atoms with van der Waals surface area (Å²) in [6.07, 6.45) is 0. The highest BCUT2D eigenvalue weighted by atomic mass is 19.3. The van der Waals surface area contributed by atoms with Gasteiger partial charge in [-0.25, -0.2) is 4.39 Å². The second-order valence-electron chi connectivity index (χ2n) is 5.40. The Balaban J connectivity index is 1.97. The summed E-state index contributed by atoms with van der Waals surface area (Å²) in [5.74, 6) is 0.276. The van der Waals surface area contributed by atoms with Crippen molar-refractivity contribution in [2.75, 3.05) is 7.05 Å². The Hall–Kier alpha value is -2.70. The first-order valence-electron chi connectivity index (χ1n) is 7.71. The number of rotatable bonds is 6. The lowest BCUT2D eigenvalue weighted by Gasteiger charge is -2.15. The molecule has 2 rings (SSSR count). The first-order chi connectivity index (χ1) is 12.0. The lowest BCUT2D eigenvalue weighted by Crippen LogP contribution is -2.36. The number of nitrogens with one attached hydrogen (secondary N) is 2. The Morgan fingerprint density at radius 2 is 1.88 bits per heavy atom. The summed E-state index contributed by atoms with van der Waals surface area (Å²) in [5, 5.41) is 6.07. The van der Waals surface area contributed by atoms with Crippen LogP contribution in [0, 0.1) is 12.7 Å². The minimum absolute atomic E-state index is 0.119. The highest BCUT2D eigenvalue weighted by molar-refractivity contribution is 5.79. The molecule has 25 heavy (non-hydrogen) atoms. The van der Waals surface area contributed by atoms with Crippen molar-refractivity contribution in [2.45, 2.75) is 26.6 Å². The molecule has 0 atom stereocenters. The van der Waals surface area contributed by atoms with Crippen LogP contribution < -0.4 is 15.4 Å². The molecule has 0 aliphatic heterocycles. The fraction of sp³-hybridized carbons (Fsp3) is 0.278. The topological polar surface area (TPSA) is 45.7 Å². The monoisotopic (exact) mass is 351 g/mol. The Kier molecular flexibility index (Phi) is 6.68. The average molecular weight is 351 g/mol. The molecule has 2 aromatic rings. The lowest BCUT2D eigenvalue weighted by atomic mass is 10.1. The number of hydrogen-bond donors (Lipinski definition) is 2. The maximum absolute atomic E-state index is 13.2. The van der Waals surface area contributed by atoms with Crippen molar-refractivity contribution in [3.05, 3.63) is 65.0 Å². The molecule has 134 valence electrons. The molecular weight excluding hydrogens is 331 g/mol. The molecule has 0 spiro atoms. The van der Waals surface area contributed by atoms with Gasteiger partial charge in [-0.2, -0.15) is 8.78 Å². The van der Waals surface area contributed by atoms with Crippen LogP contribution in [0.2, 0.25) is 0 Å². The van der Waals surface area contributed by atoms with Gasteiger partial charge in [-0.15, -0.1) is 0 Å². The van der Waals surface area contributed by atoms with Crippen LogP contribution in [-0.2, 0) is 13.1 Å². The minimum Gasteiger partial charge on any atom is -0.434 e. The zero-order valence-electron chi connectivity index (χ0n) is 14.0. The molecule has 0 heterocycles. The standard InChI is InChI=1S/C18H20F3N3O/c1-12-6-7-16(25-17(20)21)14(8-12)11-24-18(22-2)23-10-13-4-3-5-15(19)9-13/h3-9,17H,10-11H2,1-2H3,(H2,22,23,24). The zero-order valence-corrected chi connectivity index (χ0v) is 14.0. The molecular formula is C18H20F3N3O. The predicted molar refractivity (Wildman–Crippen MR) is 91.2 cm³/mol. The molecule has 0 aliphatic carbocycles. The SMILES string of the molecule is CN=C(NCc1cccc(F)c1)NCc1cc(C)ccc1OC(F)F. The van der Waals surface area contributed by atoms with Gasteiger partial charge in [0, 0.05) is 25.7 Å². The van der Waals surface area contributed by atoms with Gasteiger partial charge in [0.05, 0.1) is 0 Å². The van der Waals surface area contributed by atoms with Crippen molar-refractivity contribution in [2.24, 2.45) is 4.99 Å². The van der Waals surface area contributed by atoms with E-state index >= 15 is 0 Å². The number of aliphatic imine (C=N–C) groups is 1. The number of hydrogen-bond acceptors (Lipinski definition) is 2. The molecule has 0 radical (unpaired) electrons. The first kappa shape index (κ1) is 18.6. The van der Waals surface area contributed by atoms with E-state index in [1.54, 1.807) is 31.3 Å². The molecule has 2 aromatic carbocycles. The van der Waals surface area contributed by atoms with Crippen LogP contribution >= 0.6 is 0 Å². The van der Waals surface area contributed by atoms with Crippen molar-refractivity contribution in [3.63, 3.8) is 0 Å². The second kappa shape index (κ2) is 8.96. The van der Waals surface area contributed by atoms with Crippen molar-refractivity contribution < 1.29 is 17.9 Å².